The number of nitrogens with zero attached hydrogens (tertiary/aromatic N) is 2. The molecule has 1 unspecified atom stereocenters. The van der Waals surface area contributed by atoms with Crippen molar-refractivity contribution in [2.75, 3.05) is 11.4 Å². The van der Waals surface area contributed by atoms with Crippen LogP contribution in [0.2, 0.25) is 0 Å². The average molecular weight is 271 g/mol. The first kappa shape index (κ1) is 10.6. The van der Waals surface area contributed by atoms with Gasteiger partial charge in [-0.2, -0.15) is 0 Å². The van der Waals surface area contributed by atoms with E-state index in [9.17, 15) is 9.90 Å². The molecule has 5 heteroatoms. The molecule has 1 saturated heterocycles. The highest BCUT2D eigenvalue weighted by Crippen LogP contribution is 2.22. The quantitative estimate of drug-likeness (QED) is 0.782. The number of aryl methyl sites for hydroxylation is 1. The number of carbonyl (C=O) groups excluding carboxylic acids is 1. The summed E-state index contributed by atoms with van der Waals surface area (Å²) in [5.41, 5.74) is 1.03. The van der Waals surface area contributed by atoms with Crippen molar-refractivity contribution in [1.29, 1.82) is 0 Å². The molecule has 1 fully saturated rings. The molecule has 0 saturated carbocycles. The number of anilines is 1. The average Bonchev–Trinajstić information content (AvgIpc) is 2.43. The van der Waals surface area contributed by atoms with Gasteiger partial charge in [-0.3, -0.25) is 9.69 Å². The SMILES string of the molecule is Cc1cc(Br)nc(N2CC(O)CC2=O)c1. The van der Waals surface area contributed by atoms with E-state index in [-0.39, 0.29) is 12.3 Å². The maximum Gasteiger partial charge on any atom is 0.230 e. The van der Waals surface area contributed by atoms with Crippen molar-refractivity contribution in [2.45, 2.75) is 19.4 Å². The van der Waals surface area contributed by atoms with Crippen molar-refractivity contribution in [3.63, 3.8) is 0 Å². The van der Waals surface area contributed by atoms with Crippen LogP contribution >= 0.6 is 15.9 Å². The number of amides is 1. The van der Waals surface area contributed by atoms with Crippen LogP contribution in [0.3, 0.4) is 0 Å². The van der Waals surface area contributed by atoms with Gasteiger partial charge in [-0.05, 0) is 40.5 Å². The Morgan fingerprint density at radius 3 is 2.87 bits per heavy atom. The van der Waals surface area contributed by atoms with Crippen LogP contribution < -0.4 is 4.90 Å². The molecule has 1 aliphatic rings. The molecule has 0 bridgehead atoms. The van der Waals surface area contributed by atoms with Gasteiger partial charge in [-0.25, -0.2) is 4.98 Å². The molecule has 1 aliphatic heterocycles. The molecule has 4 nitrogen and oxygen atoms in total. The molecule has 0 radical (unpaired) electrons. The predicted octanol–water partition coefficient (Wildman–Crippen LogP) is 1.25. The zero-order valence-electron chi connectivity index (χ0n) is 8.27. The molecular weight excluding hydrogens is 260 g/mol. The number of hydrogen-bond acceptors (Lipinski definition) is 3. The van der Waals surface area contributed by atoms with Gasteiger partial charge in [0.15, 0.2) is 0 Å². The lowest BCUT2D eigenvalue weighted by Crippen LogP contribution is -2.26. The third-order valence-electron chi connectivity index (χ3n) is 2.31. The van der Waals surface area contributed by atoms with E-state index in [4.69, 9.17) is 0 Å². The van der Waals surface area contributed by atoms with Crippen LogP contribution in [0.5, 0.6) is 0 Å². The molecule has 0 aliphatic carbocycles. The topological polar surface area (TPSA) is 53.4 Å². The van der Waals surface area contributed by atoms with Crippen LogP contribution in [0.25, 0.3) is 0 Å². The van der Waals surface area contributed by atoms with Crippen molar-refractivity contribution < 1.29 is 9.90 Å². The lowest BCUT2D eigenvalue weighted by atomic mass is 10.3. The van der Waals surface area contributed by atoms with Gasteiger partial charge in [0, 0.05) is 0 Å². The summed E-state index contributed by atoms with van der Waals surface area (Å²) in [6.07, 6.45) is -0.383. The summed E-state index contributed by atoms with van der Waals surface area (Å²) in [6, 6.07) is 3.71. The van der Waals surface area contributed by atoms with E-state index >= 15 is 0 Å². The molecule has 15 heavy (non-hydrogen) atoms. The summed E-state index contributed by atoms with van der Waals surface area (Å²) in [7, 11) is 0. The van der Waals surface area contributed by atoms with Gasteiger partial charge in [0.25, 0.3) is 0 Å². The predicted molar refractivity (Wildman–Crippen MR) is 59.7 cm³/mol. The van der Waals surface area contributed by atoms with Gasteiger partial charge < -0.3 is 5.11 Å². The molecular formula is C10H11BrN2O2. The van der Waals surface area contributed by atoms with Gasteiger partial charge in [0.05, 0.1) is 19.1 Å². The molecule has 80 valence electrons. The number of aromatic nitrogens is 1. The standard InChI is InChI=1S/C10H11BrN2O2/c1-6-2-8(11)12-9(3-6)13-5-7(14)4-10(13)15/h2-3,7,14H,4-5H2,1H3. The highest BCUT2D eigenvalue weighted by atomic mass is 79.9. The second kappa shape index (κ2) is 3.90. The van der Waals surface area contributed by atoms with Gasteiger partial charge in [0.1, 0.15) is 10.4 Å². The summed E-state index contributed by atoms with van der Waals surface area (Å²) in [5, 5.41) is 9.37. The number of hydrogen-bond donors (Lipinski definition) is 1. The molecule has 1 aromatic rings. The number of aliphatic hydroxyl groups excluding tert-OH is 1. The van der Waals surface area contributed by atoms with Crippen molar-refractivity contribution in [3.05, 3.63) is 22.3 Å². The van der Waals surface area contributed by atoms with E-state index in [1.165, 1.54) is 4.90 Å². The fraction of sp³-hybridized carbons (Fsp3) is 0.400. The van der Waals surface area contributed by atoms with Crippen molar-refractivity contribution in [1.82, 2.24) is 4.98 Å². The third-order valence-corrected chi connectivity index (χ3v) is 2.71. The molecule has 1 amide bonds. The first-order valence-corrected chi connectivity index (χ1v) is 5.48. The Balaban J connectivity index is 2.33. The minimum atomic E-state index is -0.571. The largest absolute Gasteiger partial charge is 0.391 e. The van der Waals surface area contributed by atoms with Crippen LogP contribution in [0.1, 0.15) is 12.0 Å². The monoisotopic (exact) mass is 270 g/mol. The Hall–Kier alpha value is -0.940. The van der Waals surface area contributed by atoms with Crippen LogP contribution in [0.4, 0.5) is 5.82 Å². The first-order valence-electron chi connectivity index (χ1n) is 4.69. The zero-order chi connectivity index (χ0) is 11.0. The Kier molecular flexibility index (Phi) is 2.75. The molecule has 0 aromatic carbocycles. The summed E-state index contributed by atoms with van der Waals surface area (Å²) in [4.78, 5) is 17.2. The van der Waals surface area contributed by atoms with Crippen LogP contribution in [-0.2, 0) is 4.79 Å². The van der Waals surface area contributed by atoms with E-state index in [1.54, 1.807) is 0 Å². The van der Waals surface area contributed by atoms with Gasteiger partial charge >= 0.3 is 0 Å². The lowest BCUT2D eigenvalue weighted by Gasteiger charge is -2.15. The first-order chi connectivity index (χ1) is 7.06. The highest BCUT2D eigenvalue weighted by Gasteiger charge is 2.29. The molecule has 0 spiro atoms. The second-order valence-electron chi connectivity index (χ2n) is 3.69. The summed E-state index contributed by atoms with van der Waals surface area (Å²) in [5.74, 6) is 0.524. The van der Waals surface area contributed by atoms with E-state index in [0.717, 1.165) is 5.56 Å². The van der Waals surface area contributed by atoms with Gasteiger partial charge in [-0.15, -0.1) is 0 Å². The highest BCUT2D eigenvalue weighted by molar-refractivity contribution is 9.10. The normalized spacial score (nSPS) is 21.1. The van der Waals surface area contributed by atoms with E-state index < -0.39 is 6.10 Å². The van der Waals surface area contributed by atoms with Crippen LogP contribution in [0.15, 0.2) is 16.7 Å². The summed E-state index contributed by atoms with van der Waals surface area (Å²) < 4.78 is 0.701. The Bertz CT molecular complexity index is 388. The third kappa shape index (κ3) is 2.18. The Morgan fingerprint density at radius 2 is 2.33 bits per heavy atom. The Morgan fingerprint density at radius 1 is 1.60 bits per heavy atom. The number of carbonyl (C=O) groups is 1. The fourth-order valence-corrected chi connectivity index (χ4v) is 2.20. The van der Waals surface area contributed by atoms with Crippen molar-refractivity contribution in [2.24, 2.45) is 0 Å². The Labute approximate surface area is 96.1 Å². The van der Waals surface area contributed by atoms with Crippen LogP contribution in [0, 0.1) is 6.92 Å². The van der Waals surface area contributed by atoms with E-state index in [2.05, 4.69) is 20.9 Å². The lowest BCUT2D eigenvalue weighted by molar-refractivity contribution is -0.117. The molecule has 1 atom stereocenters. The number of aliphatic hydroxyl groups is 1. The van der Waals surface area contributed by atoms with Crippen LogP contribution in [-0.4, -0.2) is 28.6 Å². The summed E-state index contributed by atoms with van der Waals surface area (Å²) in [6.45, 7) is 2.27. The van der Waals surface area contributed by atoms with Crippen molar-refractivity contribution in [3.8, 4) is 0 Å². The molecule has 2 rings (SSSR count). The van der Waals surface area contributed by atoms with E-state index in [0.29, 0.717) is 17.0 Å². The smallest absolute Gasteiger partial charge is 0.230 e. The van der Waals surface area contributed by atoms with Crippen molar-refractivity contribution >= 4 is 27.7 Å². The van der Waals surface area contributed by atoms with Gasteiger partial charge in [0.2, 0.25) is 5.91 Å². The molecule has 2 heterocycles. The van der Waals surface area contributed by atoms with E-state index in [1.807, 2.05) is 19.1 Å². The molecule has 1 N–H and O–H groups in total. The van der Waals surface area contributed by atoms with Gasteiger partial charge in [-0.1, -0.05) is 0 Å². The maximum atomic E-state index is 11.5. The number of rotatable bonds is 1. The second-order valence-corrected chi connectivity index (χ2v) is 4.50. The number of β-amino-alcohol motifs (C(OH)–C–C–N with tert-alkyl or cyclic N) is 1. The number of halogens is 1. The molecule has 1 aromatic heterocycles. The number of pyridine rings is 1. The zero-order valence-corrected chi connectivity index (χ0v) is 9.86. The summed E-state index contributed by atoms with van der Waals surface area (Å²) >= 11 is 3.28. The minimum absolute atomic E-state index is 0.0764. The minimum Gasteiger partial charge on any atom is -0.391 e. The fourth-order valence-electron chi connectivity index (χ4n) is 1.66. The maximum absolute atomic E-state index is 11.5.